The van der Waals surface area contributed by atoms with Crippen LogP contribution in [0.3, 0.4) is 0 Å². The van der Waals surface area contributed by atoms with E-state index >= 15 is 0 Å². The maximum atomic E-state index is 5.15. The first-order valence-electron chi connectivity index (χ1n) is 5.49. The molecule has 2 heterocycles. The van der Waals surface area contributed by atoms with Crippen LogP contribution in [0.25, 0.3) is 11.3 Å². The molecule has 0 fully saturated rings. The third-order valence-electron chi connectivity index (χ3n) is 2.73. The zero-order chi connectivity index (χ0) is 12.3. The minimum absolute atomic E-state index is 0.708. The standard InChI is InChI=1S/C13H15BrN2O/c1-10-9-12(14)13(16(10)7-8-17-2)11-3-5-15-6-4-11/h3-6,9H,7-8H2,1-2H3. The lowest BCUT2D eigenvalue weighted by Crippen LogP contribution is -2.07. The Labute approximate surface area is 110 Å². The number of ether oxygens (including phenoxy) is 1. The molecule has 4 heteroatoms. The van der Waals surface area contributed by atoms with Crippen molar-refractivity contribution in [1.29, 1.82) is 0 Å². The maximum Gasteiger partial charge on any atom is 0.0642 e. The molecule has 2 aromatic heterocycles. The molecule has 90 valence electrons. The Morgan fingerprint density at radius 2 is 2.06 bits per heavy atom. The van der Waals surface area contributed by atoms with Gasteiger partial charge in [-0.05, 0) is 41.1 Å². The van der Waals surface area contributed by atoms with Crippen molar-refractivity contribution in [2.45, 2.75) is 13.5 Å². The molecule has 0 saturated carbocycles. The van der Waals surface area contributed by atoms with Gasteiger partial charge in [-0.25, -0.2) is 0 Å². The van der Waals surface area contributed by atoms with Gasteiger partial charge in [-0.3, -0.25) is 4.98 Å². The van der Waals surface area contributed by atoms with E-state index in [-0.39, 0.29) is 0 Å². The summed E-state index contributed by atoms with van der Waals surface area (Å²) in [7, 11) is 1.72. The molecule has 0 amide bonds. The monoisotopic (exact) mass is 294 g/mol. The van der Waals surface area contributed by atoms with Gasteiger partial charge < -0.3 is 9.30 Å². The number of rotatable bonds is 4. The fraction of sp³-hybridized carbons (Fsp3) is 0.308. The summed E-state index contributed by atoms with van der Waals surface area (Å²) < 4.78 is 8.51. The molecule has 2 rings (SSSR count). The molecule has 0 aliphatic rings. The van der Waals surface area contributed by atoms with Crippen molar-refractivity contribution in [3.63, 3.8) is 0 Å². The second-order valence-electron chi connectivity index (χ2n) is 3.86. The molecule has 3 nitrogen and oxygen atoms in total. The van der Waals surface area contributed by atoms with E-state index in [1.54, 1.807) is 7.11 Å². The van der Waals surface area contributed by atoms with E-state index < -0.39 is 0 Å². The smallest absolute Gasteiger partial charge is 0.0642 e. The normalized spacial score (nSPS) is 10.8. The second-order valence-corrected chi connectivity index (χ2v) is 4.72. The Hall–Kier alpha value is -1.13. The molecule has 0 aromatic carbocycles. The highest BCUT2D eigenvalue weighted by Gasteiger charge is 2.12. The lowest BCUT2D eigenvalue weighted by atomic mass is 10.2. The zero-order valence-electron chi connectivity index (χ0n) is 9.98. The van der Waals surface area contributed by atoms with Crippen molar-refractivity contribution < 1.29 is 4.74 Å². The highest BCUT2D eigenvalue weighted by atomic mass is 79.9. The summed E-state index contributed by atoms with van der Waals surface area (Å²) in [5.41, 5.74) is 3.57. The fourth-order valence-corrected chi connectivity index (χ4v) is 2.68. The summed E-state index contributed by atoms with van der Waals surface area (Å²) in [6, 6.07) is 6.16. The van der Waals surface area contributed by atoms with Crippen LogP contribution in [0.4, 0.5) is 0 Å². The Balaban J connectivity index is 2.45. The summed E-state index contributed by atoms with van der Waals surface area (Å²) in [6.45, 7) is 3.66. The first-order valence-corrected chi connectivity index (χ1v) is 6.28. The van der Waals surface area contributed by atoms with Gasteiger partial charge in [0.15, 0.2) is 0 Å². The quantitative estimate of drug-likeness (QED) is 0.865. The molecular formula is C13H15BrN2O. The van der Waals surface area contributed by atoms with Crippen molar-refractivity contribution >= 4 is 15.9 Å². The van der Waals surface area contributed by atoms with Gasteiger partial charge in [-0.15, -0.1) is 0 Å². The van der Waals surface area contributed by atoms with Crippen LogP contribution in [0, 0.1) is 6.92 Å². The number of aromatic nitrogens is 2. The van der Waals surface area contributed by atoms with E-state index in [1.807, 2.05) is 24.5 Å². The van der Waals surface area contributed by atoms with Gasteiger partial charge in [0.1, 0.15) is 0 Å². The van der Waals surface area contributed by atoms with Crippen LogP contribution in [0.1, 0.15) is 5.69 Å². The molecule has 0 N–H and O–H groups in total. The minimum atomic E-state index is 0.708. The van der Waals surface area contributed by atoms with Gasteiger partial charge >= 0.3 is 0 Å². The van der Waals surface area contributed by atoms with Gasteiger partial charge in [0.2, 0.25) is 0 Å². The van der Waals surface area contributed by atoms with Crippen LogP contribution in [0.2, 0.25) is 0 Å². The third kappa shape index (κ3) is 2.58. The van der Waals surface area contributed by atoms with E-state index in [9.17, 15) is 0 Å². The summed E-state index contributed by atoms with van der Waals surface area (Å²) in [6.07, 6.45) is 3.62. The average Bonchev–Trinajstić information content (AvgIpc) is 2.62. The predicted molar refractivity (Wildman–Crippen MR) is 72.0 cm³/mol. The van der Waals surface area contributed by atoms with Gasteiger partial charge in [-0.2, -0.15) is 0 Å². The number of hydrogen-bond donors (Lipinski definition) is 0. The Kier molecular flexibility index (Phi) is 3.97. The van der Waals surface area contributed by atoms with Gasteiger partial charge in [-0.1, -0.05) is 0 Å². The van der Waals surface area contributed by atoms with Crippen LogP contribution in [0.15, 0.2) is 35.1 Å². The molecule has 0 radical (unpaired) electrons. The molecular weight excluding hydrogens is 280 g/mol. The van der Waals surface area contributed by atoms with E-state index in [4.69, 9.17) is 4.74 Å². The lowest BCUT2D eigenvalue weighted by molar-refractivity contribution is 0.187. The Morgan fingerprint density at radius 3 is 2.71 bits per heavy atom. The van der Waals surface area contributed by atoms with E-state index in [0.29, 0.717) is 6.61 Å². The second kappa shape index (κ2) is 5.47. The third-order valence-corrected chi connectivity index (χ3v) is 3.33. The Bertz CT molecular complexity index is 494. The van der Waals surface area contributed by atoms with Crippen LogP contribution < -0.4 is 0 Å². The fourth-order valence-electron chi connectivity index (χ4n) is 1.91. The average molecular weight is 295 g/mol. The van der Waals surface area contributed by atoms with Crippen LogP contribution in [0.5, 0.6) is 0 Å². The van der Waals surface area contributed by atoms with Gasteiger partial charge in [0.25, 0.3) is 0 Å². The van der Waals surface area contributed by atoms with Gasteiger partial charge in [0.05, 0.1) is 12.3 Å². The number of aryl methyl sites for hydroxylation is 1. The number of nitrogens with zero attached hydrogens (tertiary/aromatic N) is 2. The summed E-state index contributed by atoms with van der Waals surface area (Å²) >= 11 is 3.61. The van der Waals surface area contributed by atoms with Crippen molar-refractivity contribution in [3.8, 4) is 11.3 Å². The summed E-state index contributed by atoms with van der Waals surface area (Å²) in [5.74, 6) is 0. The van der Waals surface area contributed by atoms with Crippen LogP contribution >= 0.6 is 15.9 Å². The molecule has 0 atom stereocenters. The van der Waals surface area contributed by atoms with E-state index in [0.717, 1.165) is 16.6 Å². The molecule has 0 bridgehead atoms. The molecule has 2 aromatic rings. The highest BCUT2D eigenvalue weighted by molar-refractivity contribution is 9.10. The van der Waals surface area contributed by atoms with Crippen LogP contribution in [-0.2, 0) is 11.3 Å². The zero-order valence-corrected chi connectivity index (χ0v) is 11.6. The first kappa shape index (κ1) is 12.3. The Morgan fingerprint density at radius 1 is 1.35 bits per heavy atom. The summed E-state index contributed by atoms with van der Waals surface area (Å²) in [5, 5.41) is 0. The largest absolute Gasteiger partial charge is 0.383 e. The number of hydrogen-bond acceptors (Lipinski definition) is 2. The molecule has 0 aliphatic carbocycles. The lowest BCUT2D eigenvalue weighted by Gasteiger charge is -2.11. The number of pyridine rings is 1. The molecule has 0 saturated heterocycles. The van der Waals surface area contributed by atoms with Crippen molar-refractivity contribution in [1.82, 2.24) is 9.55 Å². The van der Waals surface area contributed by atoms with Crippen molar-refractivity contribution in [2.24, 2.45) is 0 Å². The predicted octanol–water partition coefficient (Wildman–Crippen LogP) is 3.27. The maximum absolute atomic E-state index is 5.15. The number of methoxy groups -OCH3 is 1. The molecule has 0 spiro atoms. The first-order chi connectivity index (χ1) is 8.24. The van der Waals surface area contributed by atoms with Crippen molar-refractivity contribution in [2.75, 3.05) is 13.7 Å². The number of halogens is 1. The van der Waals surface area contributed by atoms with E-state index in [1.165, 1.54) is 11.4 Å². The highest BCUT2D eigenvalue weighted by Crippen LogP contribution is 2.31. The van der Waals surface area contributed by atoms with E-state index in [2.05, 4.69) is 38.5 Å². The SMILES string of the molecule is COCCn1c(C)cc(Br)c1-c1ccncc1. The van der Waals surface area contributed by atoms with Crippen molar-refractivity contribution in [3.05, 3.63) is 40.8 Å². The molecule has 0 aliphatic heterocycles. The van der Waals surface area contributed by atoms with Crippen LogP contribution in [-0.4, -0.2) is 23.3 Å². The molecule has 17 heavy (non-hydrogen) atoms. The summed E-state index contributed by atoms with van der Waals surface area (Å²) in [4.78, 5) is 4.05. The topological polar surface area (TPSA) is 27.1 Å². The molecule has 0 unspecified atom stereocenters. The van der Waals surface area contributed by atoms with Gasteiger partial charge in [0, 0.05) is 41.8 Å². The minimum Gasteiger partial charge on any atom is -0.383 e.